The highest BCUT2D eigenvalue weighted by atomic mass is 79.9. The van der Waals surface area contributed by atoms with E-state index in [0.29, 0.717) is 23.7 Å². The molecule has 1 aromatic rings. The molecule has 1 heterocycles. The van der Waals surface area contributed by atoms with Crippen LogP contribution < -0.4 is 5.32 Å². The maximum absolute atomic E-state index is 12.3. The molecule has 2 rings (SSSR count). The van der Waals surface area contributed by atoms with E-state index in [1.54, 1.807) is 18.2 Å². The minimum Gasteiger partial charge on any atom is -0.354 e. The van der Waals surface area contributed by atoms with Crippen molar-refractivity contribution in [2.24, 2.45) is 0 Å². The van der Waals surface area contributed by atoms with Crippen molar-refractivity contribution in [3.63, 3.8) is 0 Å². The number of hydrogen-bond donors (Lipinski definition) is 1. The van der Waals surface area contributed by atoms with Crippen molar-refractivity contribution in [2.75, 3.05) is 19.6 Å². The first-order valence-corrected chi connectivity index (χ1v) is 6.76. The molecule has 0 aliphatic carbocycles. The average molecular weight is 332 g/mol. The summed E-state index contributed by atoms with van der Waals surface area (Å²) in [5.41, 5.74) is 0.426. The number of amides is 2. The van der Waals surface area contributed by atoms with Gasteiger partial charge in [0, 0.05) is 17.6 Å². The second-order valence-electron chi connectivity index (χ2n) is 4.05. The molecule has 1 aliphatic rings. The molecule has 1 N–H and O–H groups in total. The standard InChI is InChI=1S/C12H12BrClN2O2/c13-8-2-3-9(10(14)6-8)12(18)16-5-1-4-15-11(17)7-16/h2-3,6H,1,4-5,7H2,(H,15,17). The molecule has 0 unspecified atom stereocenters. The minimum absolute atomic E-state index is 0.0885. The second-order valence-corrected chi connectivity index (χ2v) is 5.38. The van der Waals surface area contributed by atoms with Crippen LogP contribution in [0.3, 0.4) is 0 Å². The van der Waals surface area contributed by atoms with Gasteiger partial charge in [0.2, 0.25) is 5.91 Å². The molecule has 4 nitrogen and oxygen atoms in total. The van der Waals surface area contributed by atoms with Crippen molar-refractivity contribution >= 4 is 39.3 Å². The Morgan fingerprint density at radius 3 is 2.94 bits per heavy atom. The van der Waals surface area contributed by atoms with Gasteiger partial charge < -0.3 is 10.2 Å². The van der Waals surface area contributed by atoms with Gasteiger partial charge in [-0.25, -0.2) is 0 Å². The summed E-state index contributed by atoms with van der Waals surface area (Å²) < 4.78 is 0.817. The zero-order valence-electron chi connectivity index (χ0n) is 9.58. The van der Waals surface area contributed by atoms with Crippen LogP contribution >= 0.6 is 27.5 Å². The van der Waals surface area contributed by atoms with Crippen molar-refractivity contribution in [3.8, 4) is 0 Å². The molecule has 18 heavy (non-hydrogen) atoms. The molecule has 6 heteroatoms. The van der Waals surface area contributed by atoms with Crippen molar-refractivity contribution in [1.82, 2.24) is 10.2 Å². The predicted molar refractivity (Wildman–Crippen MR) is 72.7 cm³/mol. The summed E-state index contributed by atoms with van der Waals surface area (Å²) in [6.07, 6.45) is 0.756. The van der Waals surface area contributed by atoms with Crippen LogP contribution in [0.1, 0.15) is 16.8 Å². The highest BCUT2D eigenvalue weighted by molar-refractivity contribution is 9.10. The lowest BCUT2D eigenvalue weighted by Crippen LogP contribution is -2.37. The summed E-state index contributed by atoms with van der Waals surface area (Å²) in [6, 6.07) is 5.10. The average Bonchev–Trinajstić information content (AvgIpc) is 2.53. The van der Waals surface area contributed by atoms with E-state index >= 15 is 0 Å². The van der Waals surface area contributed by atoms with Crippen molar-refractivity contribution < 1.29 is 9.59 Å². The molecule has 2 amide bonds. The number of carbonyl (C=O) groups excluding carboxylic acids is 2. The highest BCUT2D eigenvalue weighted by Gasteiger charge is 2.22. The maximum Gasteiger partial charge on any atom is 0.255 e. The minimum atomic E-state index is -0.204. The molecule has 0 spiro atoms. The lowest BCUT2D eigenvalue weighted by atomic mass is 10.2. The third kappa shape index (κ3) is 3.03. The summed E-state index contributed by atoms with van der Waals surface area (Å²) in [6.45, 7) is 1.26. The van der Waals surface area contributed by atoms with Gasteiger partial charge in [0.25, 0.3) is 5.91 Å². The second kappa shape index (κ2) is 5.71. The SMILES string of the molecule is O=C1CN(C(=O)c2ccc(Br)cc2Cl)CCCN1. The Labute approximate surface area is 118 Å². The molecular formula is C12H12BrClN2O2. The first-order chi connectivity index (χ1) is 8.58. The molecule has 1 fully saturated rings. The Kier molecular flexibility index (Phi) is 4.24. The summed E-state index contributed by atoms with van der Waals surface area (Å²) >= 11 is 9.33. The molecule has 96 valence electrons. The van der Waals surface area contributed by atoms with Crippen LogP contribution in [0.5, 0.6) is 0 Å². The van der Waals surface area contributed by atoms with Gasteiger partial charge in [-0.2, -0.15) is 0 Å². The van der Waals surface area contributed by atoms with Crippen LogP contribution in [0.4, 0.5) is 0 Å². The van der Waals surface area contributed by atoms with E-state index in [1.807, 2.05) is 0 Å². The zero-order valence-corrected chi connectivity index (χ0v) is 11.9. The normalized spacial score (nSPS) is 16.1. The van der Waals surface area contributed by atoms with Gasteiger partial charge >= 0.3 is 0 Å². The van der Waals surface area contributed by atoms with Gasteiger partial charge in [-0.05, 0) is 24.6 Å². The van der Waals surface area contributed by atoms with Crippen LogP contribution in [-0.4, -0.2) is 36.3 Å². The van der Waals surface area contributed by atoms with E-state index in [-0.39, 0.29) is 18.4 Å². The largest absolute Gasteiger partial charge is 0.354 e. The molecule has 1 aromatic carbocycles. The third-order valence-corrected chi connectivity index (χ3v) is 3.52. The predicted octanol–water partition coefficient (Wildman–Crippen LogP) is 2.06. The lowest BCUT2D eigenvalue weighted by Gasteiger charge is -2.19. The quantitative estimate of drug-likeness (QED) is 0.856. The fraction of sp³-hybridized carbons (Fsp3) is 0.333. The van der Waals surface area contributed by atoms with Crippen LogP contribution in [0.2, 0.25) is 5.02 Å². The van der Waals surface area contributed by atoms with Gasteiger partial charge in [-0.1, -0.05) is 27.5 Å². The van der Waals surface area contributed by atoms with Gasteiger partial charge in [0.15, 0.2) is 0 Å². The Bertz CT molecular complexity index is 493. The van der Waals surface area contributed by atoms with E-state index in [2.05, 4.69) is 21.2 Å². The molecule has 0 saturated carbocycles. The van der Waals surface area contributed by atoms with E-state index in [0.717, 1.165) is 10.9 Å². The molecule has 1 aliphatic heterocycles. The molecule has 0 aromatic heterocycles. The number of halogens is 2. The van der Waals surface area contributed by atoms with Crippen LogP contribution in [0.15, 0.2) is 22.7 Å². The van der Waals surface area contributed by atoms with Crippen LogP contribution in [-0.2, 0) is 4.79 Å². The van der Waals surface area contributed by atoms with Gasteiger partial charge in [0.1, 0.15) is 0 Å². The molecule has 0 bridgehead atoms. The van der Waals surface area contributed by atoms with Crippen LogP contribution in [0, 0.1) is 0 Å². The number of carbonyl (C=O) groups is 2. The number of nitrogens with zero attached hydrogens (tertiary/aromatic N) is 1. The number of hydrogen-bond acceptors (Lipinski definition) is 2. The van der Waals surface area contributed by atoms with E-state index in [1.165, 1.54) is 4.90 Å². The van der Waals surface area contributed by atoms with E-state index in [9.17, 15) is 9.59 Å². The van der Waals surface area contributed by atoms with Crippen LogP contribution in [0.25, 0.3) is 0 Å². The molecular weight excluding hydrogens is 320 g/mol. The third-order valence-electron chi connectivity index (χ3n) is 2.71. The summed E-state index contributed by atoms with van der Waals surface area (Å²) in [5.74, 6) is -0.335. The maximum atomic E-state index is 12.3. The van der Waals surface area contributed by atoms with Gasteiger partial charge in [-0.3, -0.25) is 9.59 Å². The first-order valence-electron chi connectivity index (χ1n) is 5.59. The van der Waals surface area contributed by atoms with Crippen molar-refractivity contribution in [2.45, 2.75) is 6.42 Å². The van der Waals surface area contributed by atoms with Gasteiger partial charge in [-0.15, -0.1) is 0 Å². The molecule has 0 atom stereocenters. The summed E-state index contributed by atoms with van der Waals surface area (Å²) in [5, 5.41) is 3.12. The first kappa shape index (κ1) is 13.4. The van der Waals surface area contributed by atoms with E-state index in [4.69, 9.17) is 11.6 Å². The lowest BCUT2D eigenvalue weighted by molar-refractivity contribution is -0.121. The number of nitrogens with one attached hydrogen (secondary N) is 1. The Morgan fingerprint density at radius 2 is 2.22 bits per heavy atom. The fourth-order valence-electron chi connectivity index (χ4n) is 1.81. The Hall–Kier alpha value is -1.07. The van der Waals surface area contributed by atoms with E-state index < -0.39 is 0 Å². The Morgan fingerprint density at radius 1 is 1.44 bits per heavy atom. The van der Waals surface area contributed by atoms with Gasteiger partial charge in [0.05, 0.1) is 17.1 Å². The zero-order chi connectivity index (χ0) is 13.1. The van der Waals surface area contributed by atoms with Crippen molar-refractivity contribution in [1.29, 1.82) is 0 Å². The van der Waals surface area contributed by atoms with Crippen molar-refractivity contribution in [3.05, 3.63) is 33.3 Å². The number of benzene rings is 1. The topological polar surface area (TPSA) is 49.4 Å². The monoisotopic (exact) mass is 330 g/mol. The molecule has 1 saturated heterocycles. The molecule has 0 radical (unpaired) electrons. The Balaban J connectivity index is 2.21. The smallest absolute Gasteiger partial charge is 0.255 e. The number of rotatable bonds is 1. The summed E-state index contributed by atoms with van der Waals surface area (Å²) in [7, 11) is 0. The summed E-state index contributed by atoms with van der Waals surface area (Å²) in [4.78, 5) is 25.2. The highest BCUT2D eigenvalue weighted by Crippen LogP contribution is 2.22. The fourth-order valence-corrected chi connectivity index (χ4v) is 2.57.